The number of nitrogens with zero attached hydrogens (tertiary/aromatic N) is 3. The van der Waals surface area contributed by atoms with Crippen molar-refractivity contribution in [1.82, 2.24) is 14.9 Å². The lowest BCUT2D eigenvalue weighted by Crippen LogP contribution is -2.27. The predicted molar refractivity (Wildman–Crippen MR) is 45.9 cm³/mol. The summed E-state index contributed by atoms with van der Waals surface area (Å²) in [5.41, 5.74) is 0.517. The molecule has 0 aliphatic carbocycles. The highest BCUT2D eigenvalue weighted by molar-refractivity contribution is 5.85. The van der Waals surface area contributed by atoms with Gasteiger partial charge in [0.05, 0.1) is 6.54 Å². The first-order chi connectivity index (χ1) is 5.40. The minimum Gasteiger partial charge on any atom is -0.331 e. The van der Waals surface area contributed by atoms with E-state index in [4.69, 9.17) is 5.26 Å². The molecule has 1 N–H and O–H groups in total. The fourth-order valence-electron chi connectivity index (χ4n) is 1.24. The zero-order chi connectivity index (χ0) is 7.68. The number of hydrogen-bond acceptors (Lipinski definition) is 3. The fourth-order valence-corrected chi connectivity index (χ4v) is 1.24. The summed E-state index contributed by atoms with van der Waals surface area (Å²) >= 11 is 0. The summed E-state index contributed by atoms with van der Waals surface area (Å²) in [6.45, 7) is 2.67. The highest BCUT2D eigenvalue weighted by Crippen LogP contribution is 2.04. The second-order valence-corrected chi connectivity index (χ2v) is 2.52. The lowest BCUT2D eigenvalue weighted by Gasteiger charge is -2.13. The van der Waals surface area contributed by atoms with E-state index >= 15 is 0 Å². The highest BCUT2D eigenvalue weighted by Gasteiger charge is 2.10. The molecule has 2 heterocycles. The van der Waals surface area contributed by atoms with Crippen LogP contribution in [0.25, 0.3) is 0 Å². The molecule has 5 heteroatoms. The van der Waals surface area contributed by atoms with Crippen LogP contribution in [0.2, 0.25) is 0 Å². The third-order valence-electron chi connectivity index (χ3n) is 1.79. The van der Waals surface area contributed by atoms with E-state index in [2.05, 4.69) is 10.3 Å². The molecule has 0 unspecified atom stereocenters. The van der Waals surface area contributed by atoms with Crippen LogP contribution in [0.15, 0.2) is 6.20 Å². The van der Waals surface area contributed by atoms with E-state index in [9.17, 15) is 0 Å². The molecule has 0 aromatic carbocycles. The molecule has 4 nitrogen and oxygen atoms in total. The van der Waals surface area contributed by atoms with Gasteiger partial charge in [-0.3, -0.25) is 0 Å². The first-order valence-corrected chi connectivity index (χ1v) is 3.57. The van der Waals surface area contributed by atoms with Crippen LogP contribution in [-0.4, -0.2) is 16.1 Å². The summed E-state index contributed by atoms with van der Waals surface area (Å²) in [6, 6.07) is 2.02. The van der Waals surface area contributed by atoms with Gasteiger partial charge in [-0.1, -0.05) is 0 Å². The second kappa shape index (κ2) is 3.57. The maximum absolute atomic E-state index is 8.54. The van der Waals surface area contributed by atoms with Crippen LogP contribution in [0.1, 0.15) is 11.5 Å². The molecule has 0 saturated heterocycles. The lowest BCUT2D eigenvalue weighted by atomic mass is 10.4. The molecule has 12 heavy (non-hydrogen) atoms. The van der Waals surface area contributed by atoms with Gasteiger partial charge in [-0.05, 0) is 0 Å². The molecule has 0 bridgehead atoms. The van der Waals surface area contributed by atoms with Gasteiger partial charge in [-0.2, -0.15) is 5.26 Å². The molecule has 1 aliphatic rings. The summed E-state index contributed by atoms with van der Waals surface area (Å²) in [6.07, 6.45) is 1.80. The SMILES string of the molecule is Cl.N#Cc1cn2c(n1)CNCC2. The topological polar surface area (TPSA) is 53.6 Å². The Bertz CT molecular complexity index is 288. The van der Waals surface area contributed by atoms with Crippen LogP contribution in [0.5, 0.6) is 0 Å². The van der Waals surface area contributed by atoms with Crippen LogP contribution in [-0.2, 0) is 13.1 Å². The fraction of sp³-hybridized carbons (Fsp3) is 0.429. The Morgan fingerprint density at radius 1 is 1.67 bits per heavy atom. The van der Waals surface area contributed by atoms with Gasteiger partial charge in [-0.25, -0.2) is 4.98 Å². The van der Waals surface area contributed by atoms with E-state index in [-0.39, 0.29) is 12.4 Å². The Kier molecular flexibility index (Phi) is 2.69. The third-order valence-corrected chi connectivity index (χ3v) is 1.79. The second-order valence-electron chi connectivity index (χ2n) is 2.52. The van der Waals surface area contributed by atoms with Gasteiger partial charge in [0.25, 0.3) is 0 Å². The maximum Gasteiger partial charge on any atom is 0.158 e. The summed E-state index contributed by atoms with van der Waals surface area (Å²) in [7, 11) is 0. The third kappa shape index (κ3) is 1.42. The first-order valence-electron chi connectivity index (χ1n) is 3.57. The number of imidazole rings is 1. The average Bonchev–Trinajstić information content (AvgIpc) is 2.46. The Morgan fingerprint density at radius 3 is 3.17 bits per heavy atom. The van der Waals surface area contributed by atoms with Crippen molar-refractivity contribution >= 4 is 12.4 Å². The van der Waals surface area contributed by atoms with Crippen molar-refractivity contribution in [3.8, 4) is 6.07 Å². The monoisotopic (exact) mass is 184 g/mol. The molecule has 1 aromatic rings. The molecule has 2 rings (SSSR count). The van der Waals surface area contributed by atoms with E-state index in [0.29, 0.717) is 5.69 Å². The number of rotatable bonds is 0. The Hall–Kier alpha value is -1.05. The number of hydrogen-bond donors (Lipinski definition) is 1. The van der Waals surface area contributed by atoms with Crippen molar-refractivity contribution in [2.75, 3.05) is 6.54 Å². The normalized spacial score (nSPS) is 14.2. The van der Waals surface area contributed by atoms with E-state index < -0.39 is 0 Å². The molecular weight excluding hydrogens is 176 g/mol. The molecule has 0 saturated carbocycles. The zero-order valence-electron chi connectivity index (χ0n) is 6.45. The maximum atomic E-state index is 8.54. The van der Waals surface area contributed by atoms with Crippen molar-refractivity contribution in [3.05, 3.63) is 17.7 Å². The van der Waals surface area contributed by atoms with Gasteiger partial charge in [0.1, 0.15) is 11.9 Å². The van der Waals surface area contributed by atoms with Gasteiger partial charge >= 0.3 is 0 Å². The zero-order valence-corrected chi connectivity index (χ0v) is 7.27. The van der Waals surface area contributed by atoms with Crippen molar-refractivity contribution in [2.45, 2.75) is 13.1 Å². The summed E-state index contributed by atoms with van der Waals surface area (Å²) in [5.74, 6) is 0.966. The van der Waals surface area contributed by atoms with Crippen LogP contribution in [0.4, 0.5) is 0 Å². The van der Waals surface area contributed by atoms with E-state index in [1.807, 2.05) is 10.6 Å². The quantitative estimate of drug-likeness (QED) is 0.630. The minimum atomic E-state index is 0. The molecule has 1 aromatic heterocycles. The van der Waals surface area contributed by atoms with E-state index in [0.717, 1.165) is 25.5 Å². The van der Waals surface area contributed by atoms with Gasteiger partial charge in [-0.15, -0.1) is 12.4 Å². The number of nitrogens with one attached hydrogen (secondary N) is 1. The Labute approximate surface area is 76.6 Å². The molecule has 64 valence electrons. The Balaban J connectivity index is 0.000000720. The van der Waals surface area contributed by atoms with Gasteiger partial charge < -0.3 is 9.88 Å². The van der Waals surface area contributed by atoms with E-state index in [1.54, 1.807) is 6.20 Å². The number of halogens is 1. The number of fused-ring (bicyclic) bond motifs is 1. The summed E-state index contributed by atoms with van der Waals surface area (Å²) < 4.78 is 2.02. The summed E-state index contributed by atoms with van der Waals surface area (Å²) in [5, 5.41) is 11.7. The smallest absolute Gasteiger partial charge is 0.158 e. The number of nitriles is 1. The molecule has 0 amide bonds. The highest BCUT2D eigenvalue weighted by atomic mass is 35.5. The van der Waals surface area contributed by atoms with Crippen LogP contribution in [0.3, 0.4) is 0 Å². The van der Waals surface area contributed by atoms with Crippen LogP contribution in [0, 0.1) is 11.3 Å². The molecule has 0 radical (unpaired) electrons. The molecule has 0 spiro atoms. The van der Waals surface area contributed by atoms with Crippen molar-refractivity contribution in [2.24, 2.45) is 0 Å². The first kappa shape index (κ1) is 9.04. The minimum absolute atomic E-state index is 0. The molecule has 0 fully saturated rings. The predicted octanol–water partition coefficient (Wildman–Crippen LogP) is 0.280. The van der Waals surface area contributed by atoms with Crippen molar-refractivity contribution < 1.29 is 0 Å². The number of aromatic nitrogens is 2. The van der Waals surface area contributed by atoms with Gasteiger partial charge in [0.2, 0.25) is 0 Å². The average molecular weight is 185 g/mol. The van der Waals surface area contributed by atoms with Crippen LogP contribution >= 0.6 is 12.4 Å². The standard InChI is InChI=1S/C7H8N4.ClH/c8-3-6-5-11-2-1-9-4-7(11)10-6;/h5,9H,1-2,4H2;1H. The molecule has 1 aliphatic heterocycles. The molecule has 0 atom stereocenters. The van der Waals surface area contributed by atoms with Gasteiger partial charge in [0.15, 0.2) is 5.69 Å². The summed E-state index contributed by atoms with van der Waals surface area (Å²) in [4.78, 5) is 4.11. The van der Waals surface area contributed by atoms with Crippen molar-refractivity contribution in [3.63, 3.8) is 0 Å². The Morgan fingerprint density at radius 2 is 2.50 bits per heavy atom. The largest absolute Gasteiger partial charge is 0.331 e. The van der Waals surface area contributed by atoms with Crippen LogP contribution < -0.4 is 5.32 Å². The van der Waals surface area contributed by atoms with Crippen molar-refractivity contribution in [1.29, 1.82) is 5.26 Å². The van der Waals surface area contributed by atoms with E-state index in [1.165, 1.54) is 0 Å². The lowest BCUT2D eigenvalue weighted by molar-refractivity contribution is 0.505. The van der Waals surface area contributed by atoms with Gasteiger partial charge in [0, 0.05) is 19.3 Å². The molecular formula is C7H9ClN4.